The van der Waals surface area contributed by atoms with Crippen LogP contribution in [0.1, 0.15) is 43.4 Å². The Bertz CT molecular complexity index is 650. The first-order valence-electron chi connectivity index (χ1n) is 8.06. The normalized spacial score (nSPS) is 12.0. The molecule has 3 heteroatoms. The standard InChI is InChI=1S/C20H25NO2/c1-14(2)18-11-10-15(3)19(12-18)23-16(4)20(22)21-13-17-8-6-5-7-9-17/h5-12,14,16H,13H2,1-4H3,(H,21,22). The fourth-order valence-corrected chi connectivity index (χ4v) is 2.28. The van der Waals surface area contributed by atoms with Crippen LogP contribution in [-0.2, 0) is 11.3 Å². The molecule has 1 unspecified atom stereocenters. The Hall–Kier alpha value is -2.29. The van der Waals surface area contributed by atoms with Gasteiger partial charge in [0.15, 0.2) is 6.10 Å². The molecule has 122 valence electrons. The summed E-state index contributed by atoms with van der Waals surface area (Å²) < 4.78 is 5.87. The van der Waals surface area contributed by atoms with Crippen LogP contribution >= 0.6 is 0 Å². The SMILES string of the molecule is Cc1ccc(C(C)C)cc1OC(C)C(=O)NCc1ccccc1. The minimum atomic E-state index is -0.528. The van der Waals surface area contributed by atoms with E-state index in [2.05, 4.69) is 25.2 Å². The summed E-state index contributed by atoms with van der Waals surface area (Å²) in [6.07, 6.45) is -0.528. The van der Waals surface area contributed by atoms with Gasteiger partial charge in [0.25, 0.3) is 5.91 Å². The molecule has 3 nitrogen and oxygen atoms in total. The number of amides is 1. The van der Waals surface area contributed by atoms with Gasteiger partial charge in [-0.25, -0.2) is 0 Å². The predicted molar refractivity (Wildman–Crippen MR) is 93.6 cm³/mol. The molecule has 2 rings (SSSR count). The molecular formula is C20H25NO2. The summed E-state index contributed by atoms with van der Waals surface area (Å²) in [5.41, 5.74) is 3.32. The molecule has 0 radical (unpaired) electrons. The molecule has 1 amide bonds. The van der Waals surface area contributed by atoms with Crippen molar-refractivity contribution in [3.63, 3.8) is 0 Å². The highest BCUT2D eigenvalue weighted by Crippen LogP contribution is 2.25. The molecule has 0 aliphatic heterocycles. The van der Waals surface area contributed by atoms with E-state index in [4.69, 9.17) is 4.74 Å². The van der Waals surface area contributed by atoms with Crippen LogP contribution in [0, 0.1) is 6.92 Å². The molecule has 0 spiro atoms. The van der Waals surface area contributed by atoms with Crippen LogP contribution in [0.4, 0.5) is 0 Å². The van der Waals surface area contributed by atoms with Crippen molar-refractivity contribution in [3.05, 3.63) is 65.2 Å². The number of aryl methyl sites for hydroxylation is 1. The number of carbonyl (C=O) groups is 1. The van der Waals surface area contributed by atoms with Crippen molar-refractivity contribution < 1.29 is 9.53 Å². The second kappa shape index (κ2) is 7.82. The lowest BCUT2D eigenvalue weighted by molar-refractivity contribution is -0.127. The molecule has 0 saturated heterocycles. The number of hydrogen-bond donors (Lipinski definition) is 1. The minimum absolute atomic E-state index is 0.108. The molecule has 23 heavy (non-hydrogen) atoms. The summed E-state index contributed by atoms with van der Waals surface area (Å²) in [7, 11) is 0. The number of rotatable bonds is 6. The highest BCUT2D eigenvalue weighted by molar-refractivity contribution is 5.80. The fraction of sp³-hybridized carbons (Fsp3) is 0.350. The van der Waals surface area contributed by atoms with Gasteiger partial charge in [0.2, 0.25) is 0 Å². The average molecular weight is 311 g/mol. The van der Waals surface area contributed by atoms with E-state index in [1.807, 2.05) is 49.4 Å². The van der Waals surface area contributed by atoms with Crippen LogP contribution in [0.15, 0.2) is 48.5 Å². The van der Waals surface area contributed by atoms with Crippen LogP contribution in [-0.4, -0.2) is 12.0 Å². The highest BCUT2D eigenvalue weighted by Gasteiger charge is 2.16. The van der Waals surface area contributed by atoms with Gasteiger partial charge in [0, 0.05) is 6.54 Å². The van der Waals surface area contributed by atoms with Crippen molar-refractivity contribution >= 4 is 5.91 Å². The maximum atomic E-state index is 12.2. The molecule has 0 aromatic heterocycles. The van der Waals surface area contributed by atoms with E-state index in [-0.39, 0.29) is 5.91 Å². The van der Waals surface area contributed by atoms with Crippen molar-refractivity contribution in [3.8, 4) is 5.75 Å². The Morgan fingerprint density at radius 1 is 1.09 bits per heavy atom. The lowest BCUT2D eigenvalue weighted by Gasteiger charge is -2.18. The summed E-state index contributed by atoms with van der Waals surface area (Å²) in [6.45, 7) is 8.57. The second-order valence-corrected chi connectivity index (χ2v) is 6.14. The Morgan fingerprint density at radius 2 is 1.78 bits per heavy atom. The molecule has 0 saturated carbocycles. The molecule has 0 heterocycles. The van der Waals surface area contributed by atoms with Crippen molar-refractivity contribution in [2.24, 2.45) is 0 Å². The maximum absolute atomic E-state index is 12.2. The first-order valence-corrected chi connectivity index (χ1v) is 8.06. The number of hydrogen-bond acceptors (Lipinski definition) is 2. The van der Waals surface area contributed by atoms with Crippen molar-refractivity contribution in [1.29, 1.82) is 0 Å². The molecule has 0 bridgehead atoms. The Labute approximate surface area is 138 Å². The van der Waals surface area contributed by atoms with Crippen LogP contribution in [0.5, 0.6) is 5.75 Å². The van der Waals surface area contributed by atoms with Crippen molar-refractivity contribution in [2.75, 3.05) is 0 Å². The zero-order chi connectivity index (χ0) is 16.8. The molecule has 1 atom stereocenters. The van der Waals surface area contributed by atoms with E-state index < -0.39 is 6.10 Å². The lowest BCUT2D eigenvalue weighted by Crippen LogP contribution is -2.36. The number of carbonyl (C=O) groups excluding carboxylic acids is 1. The van der Waals surface area contributed by atoms with Crippen molar-refractivity contribution in [2.45, 2.75) is 46.3 Å². The van der Waals surface area contributed by atoms with Crippen LogP contribution < -0.4 is 10.1 Å². The first-order chi connectivity index (χ1) is 11.0. The quantitative estimate of drug-likeness (QED) is 0.868. The molecule has 0 aliphatic carbocycles. The van der Waals surface area contributed by atoms with Crippen LogP contribution in [0.3, 0.4) is 0 Å². The zero-order valence-corrected chi connectivity index (χ0v) is 14.3. The highest BCUT2D eigenvalue weighted by atomic mass is 16.5. The van der Waals surface area contributed by atoms with Gasteiger partial charge in [-0.1, -0.05) is 56.3 Å². The fourth-order valence-electron chi connectivity index (χ4n) is 2.28. The summed E-state index contributed by atoms with van der Waals surface area (Å²) in [4.78, 5) is 12.2. The lowest BCUT2D eigenvalue weighted by atomic mass is 10.0. The van der Waals surface area contributed by atoms with Gasteiger partial charge in [0.1, 0.15) is 5.75 Å². The third-order valence-corrected chi connectivity index (χ3v) is 3.86. The number of nitrogens with one attached hydrogen (secondary N) is 1. The topological polar surface area (TPSA) is 38.3 Å². The van der Waals surface area contributed by atoms with E-state index >= 15 is 0 Å². The van der Waals surface area contributed by atoms with E-state index in [1.165, 1.54) is 5.56 Å². The van der Waals surface area contributed by atoms with Gasteiger partial charge >= 0.3 is 0 Å². The van der Waals surface area contributed by atoms with Gasteiger partial charge in [-0.05, 0) is 42.5 Å². The maximum Gasteiger partial charge on any atom is 0.261 e. The predicted octanol–water partition coefficient (Wildman–Crippen LogP) is 4.20. The molecular weight excluding hydrogens is 286 g/mol. The first kappa shape index (κ1) is 17.1. The average Bonchev–Trinajstić information content (AvgIpc) is 2.55. The molecule has 0 aliphatic rings. The molecule has 1 N–H and O–H groups in total. The zero-order valence-electron chi connectivity index (χ0n) is 14.3. The Balaban J connectivity index is 1.97. The van der Waals surface area contributed by atoms with Crippen molar-refractivity contribution in [1.82, 2.24) is 5.32 Å². The minimum Gasteiger partial charge on any atom is -0.481 e. The third-order valence-electron chi connectivity index (χ3n) is 3.86. The van der Waals surface area contributed by atoms with E-state index in [9.17, 15) is 4.79 Å². The number of ether oxygens (including phenoxy) is 1. The molecule has 2 aromatic rings. The van der Waals surface area contributed by atoms with Crippen LogP contribution in [0.2, 0.25) is 0 Å². The van der Waals surface area contributed by atoms with Crippen LogP contribution in [0.25, 0.3) is 0 Å². The summed E-state index contributed by atoms with van der Waals surface area (Å²) in [5, 5.41) is 2.91. The molecule has 0 fully saturated rings. The third kappa shape index (κ3) is 4.85. The Kier molecular flexibility index (Phi) is 5.80. The van der Waals surface area contributed by atoms with Gasteiger partial charge < -0.3 is 10.1 Å². The Morgan fingerprint density at radius 3 is 2.43 bits per heavy atom. The molecule has 2 aromatic carbocycles. The van der Waals surface area contributed by atoms with Gasteiger partial charge in [0.05, 0.1) is 0 Å². The summed E-state index contributed by atoms with van der Waals surface area (Å²) >= 11 is 0. The monoisotopic (exact) mass is 311 g/mol. The largest absolute Gasteiger partial charge is 0.481 e. The van der Waals surface area contributed by atoms with E-state index in [0.717, 1.165) is 16.9 Å². The smallest absolute Gasteiger partial charge is 0.261 e. The van der Waals surface area contributed by atoms with Gasteiger partial charge in [-0.3, -0.25) is 4.79 Å². The van der Waals surface area contributed by atoms with E-state index in [0.29, 0.717) is 12.5 Å². The van der Waals surface area contributed by atoms with Gasteiger partial charge in [-0.15, -0.1) is 0 Å². The second-order valence-electron chi connectivity index (χ2n) is 6.14. The summed E-state index contributed by atoms with van der Waals surface area (Å²) in [6, 6.07) is 16.0. The van der Waals surface area contributed by atoms with Gasteiger partial charge in [-0.2, -0.15) is 0 Å². The summed E-state index contributed by atoms with van der Waals surface area (Å²) in [5.74, 6) is 1.10. The van der Waals surface area contributed by atoms with E-state index in [1.54, 1.807) is 6.92 Å². The number of benzene rings is 2.